The fraction of sp³-hybridized carbons (Fsp3) is 0.947. The number of morpholine rings is 2. The first-order chi connectivity index (χ1) is 13.0. The summed E-state index contributed by atoms with van der Waals surface area (Å²) >= 11 is 0. The van der Waals surface area contributed by atoms with E-state index in [0.717, 1.165) is 78.2 Å². The van der Waals surface area contributed by atoms with Gasteiger partial charge in [0.1, 0.15) is 0 Å². The van der Waals surface area contributed by atoms with Gasteiger partial charge in [0.15, 0.2) is 5.96 Å². The molecule has 0 amide bonds. The molecule has 2 unspecified atom stereocenters. The lowest BCUT2D eigenvalue weighted by atomic mass is 10.1. The molecule has 2 fully saturated rings. The maximum atomic E-state index is 10.7. The van der Waals surface area contributed by atoms with Gasteiger partial charge in [-0.25, -0.2) is 0 Å². The fourth-order valence-corrected chi connectivity index (χ4v) is 3.44. The lowest BCUT2D eigenvalue weighted by molar-refractivity contribution is -0.0180. The molecule has 8 nitrogen and oxygen atoms in total. The van der Waals surface area contributed by atoms with Gasteiger partial charge in [-0.1, -0.05) is 6.92 Å². The summed E-state index contributed by atoms with van der Waals surface area (Å²) in [7, 11) is 0. The second kappa shape index (κ2) is 11.8. The van der Waals surface area contributed by atoms with E-state index in [1.54, 1.807) is 0 Å². The molecule has 8 heteroatoms. The molecule has 0 aromatic carbocycles. The normalized spacial score (nSPS) is 23.6. The van der Waals surface area contributed by atoms with Crippen LogP contribution in [0.3, 0.4) is 0 Å². The third-order valence-corrected chi connectivity index (χ3v) is 4.88. The van der Waals surface area contributed by atoms with Crippen molar-refractivity contribution in [2.45, 2.75) is 26.4 Å². The smallest absolute Gasteiger partial charge is 0.191 e. The Labute approximate surface area is 164 Å². The molecule has 0 radical (unpaired) electrons. The van der Waals surface area contributed by atoms with Crippen LogP contribution < -0.4 is 10.6 Å². The van der Waals surface area contributed by atoms with E-state index in [0.29, 0.717) is 19.0 Å². The van der Waals surface area contributed by atoms with Crippen molar-refractivity contribution in [3.63, 3.8) is 0 Å². The van der Waals surface area contributed by atoms with Crippen molar-refractivity contribution in [2.75, 3.05) is 85.3 Å². The molecule has 2 heterocycles. The topological polar surface area (TPSA) is 81.6 Å². The monoisotopic (exact) mass is 385 g/mol. The summed E-state index contributed by atoms with van der Waals surface area (Å²) in [5.74, 6) is 1.29. The van der Waals surface area contributed by atoms with Gasteiger partial charge in [0.25, 0.3) is 0 Å². The average molecular weight is 386 g/mol. The van der Waals surface area contributed by atoms with Crippen molar-refractivity contribution in [1.29, 1.82) is 0 Å². The molecule has 2 atom stereocenters. The van der Waals surface area contributed by atoms with E-state index in [1.165, 1.54) is 0 Å². The van der Waals surface area contributed by atoms with Crippen molar-refractivity contribution in [2.24, 2.45) is 10.9 Å². The molecule has 0 bridgehead atoms. The molecule has 3 N–H and O–H groups in total. The number of nitrogens with zero attached hydrogens (tertiary/aromatic N) is 3. The second-order valence-electron chi connectivity index (χ2n) is 7.98. The Morgan fingerprint density at radius 3 is 2.26 bits per heavy atom. The highest BCUT2D eigenvalue weighted by atomic mass is 16.5. The van der Waals surface area contributed by atoms with Gasteiger partial charge in [-0.3, -0.25) is 14.8 Å². The number of β-amino-alcohol motifs (C(OH)–C–C–N with tert-alkyl or cyclic N) is 1. The first-order valence-electron chi connectivity index (χ1n) is 10.3. The van der Waals surface area contributed by atoms with Crippen LogP contribution in [0, 0.1) is 5.92 Å². The van der Waals surface area contributed by atoms with E-state index in [1.807, 2.05) is 6.92 Å². The molecule has 0 saturated carbocycles. The van der Waals surface area contributed by atoms with Gasteiger partial charge >= 0.3 is 0 Å². The van der Waals surface area contributed by atoms with Gasteiger partial charge in [0, 0.05) is 52.4 Å². The molecule has 2 rings (SSSR count). The summed E-state index contributed by atoms with van der Waals surface area (Å²) < 4.78 is 10.8. The Kier molecular flexibility index (Phi) is 9.78. The molecule has 0 aromatic rings. The Morgan fingerprint density at radius 1 is 1.07 bits per heavy atom. The predicted molar refractivity (Wildman–Crippen MR) is 108 cm³/mol. The number of aliphatic hydroxyl groups is 1. The quantitative estimate of drug-likeness (QED) is 0.368. The molecule has 2 saturated heterocycles. The average Bonchev–Trinajstić information content (AvgIpc) is 2.65. The number of guanidine groups is 1. The van der Waals surface area contributed by atoms with Gasteiger partial charge in [-0.05, 0) is 19.8 Å². The SMILES string of the molecule is CCNC(=NCC(C)(O)CN1CCOCC1)NCC(C)CN1CCOCC1. The molecule has 2 aliphatic rings. The van der Waals surface area contributed by atoms with E-state index < -0.39 is 5.60 Å². The third-order valence-electron chi connectivity index (χ3n) is 4.88. The molecular formula is C19H39N5O3. The highest BCUT2D eigenvalue weighted by Gasteiger charge is 2.25. The molecule has 0 spiro atoms. The van der Waals surface area contributed by atoms with Gasteiger partial charge in [-0.15, -0.1) is 0 Å². The maximum Gasteiger partial charge on any atom is 0.191 e. The minimum Gasteiger partial charge on any atom is -0.387 e. The van der Waals surface area contributed by atoms with Crippen LogP contribution in [-0.4, -0.2) is 112 Å². The molecule has 2 aliphatic heterocycles. The number of rotatable bonds is 9. The zero-order valence-corrected chi connectivity index (χ0v) is 17.4. The molecule has 0 aliphatic carbocycles. The van der Waals surface area contributed by atoms with E-state index in [4.69, 9.17) is 9.47 Å². The van der Waals surface area contributed by atoms with Crippen LogP contribution in [-0.2, 0) is 9.47 Å². The summed E-state index contributed by atoms with van der Waals surface area (Å²) in [6.07, 6.45) is 0. The Balaban J connectivity index is 1.75. The number of aliphatic imine (C=N–C) groups is 1. The van der Waals surface area contributed by atoms with Crippen molar-refractivity contribution < 1.29 is 14.6 Å². The number of ether oxygens (including phenoxy) is 2. The first-order valence-corrected chi connectivity index (χ1v) is 10.3. The van der Waals surface area contributed by atoms with Crippen LogP contribution in [0.25, 0.3) is 0 Å². The highest BCUT2D eigenvalue weighted by molar-refractivity contribution is 5.79. The second-order valence-corrected chi connectivity index (χ2v) is 7.98. The van der Waals surface area contributed by atoms with Gasteiger partial charge < -0.3 is 25.2 Å². The van der Waals surface area contributed by atoms with Gasteiger partial charge in [-0.2, -0.15) is 0 Å². The van der Waals surface area contributed by atoms with Crippen LogP contribution in [0.2, 0.25) is 0 Å². The summed E-state index contributed by atoms with van der Waals surface area (Å²) in [4.78, 5) is 9.31. The minimum atomic E-state index is -0.848. The van der Waals surface area contributed by atoms with E-state index >= 15 is 0 Å². The summed E-state index contributed by atoms with van der Waals surface area (Å²) in [5.41, 5.74) is -0.848. The third kappa shape index (κ3) is 9.21. The predicted octanol–water partition coefficient (Wildman–Crippen LogP) is -0.407. The van der Waals surface area contributed by atoms with Crippen molar-refractivity contribution in [1.82, 2.24) is 20.4 Å². The summed E-state index contributed by atoms with van der Waals surface area (Å²) in [6, 6.07) is 0. The number of hydrogen-bond donors (Lipinski definition) is 3. The van der Waals surface area contributed by atoms with Crippen molar-refractivity contribution >= 4 is 5.96 Å². The lowest BCUT2D eigenvalue weighted by Crippen LogP contribution is -2.48. The van der Waals surface area contributed by atoms with Crippen LogP contribution in [0.5, 0.6) is 0 Å². The van der Waals surface area contributed by atoms with Gasteiger partial charge in [0.2, 0.25) is 0 Å². The lowest BCUT2D eigenvalue weighted by Gasteiger charge is -2.33. The Bertz CT molecular complexity index is 435. The van der Waals surface area contributed by atoms with E-state index in [-0.39, 0.29) is 0 Å². The van der Waals surface area contributed by atoms with Crippen LogP contribution in [0.4, 0.5) is 0 Å². The fourth-order valence-electron chi connectivity index (χ4n) is 3.44. The summed E-state index contributed by atoms with van der Waals surface area (Å²) in [5, 5.41) is 17.4. The summed E-state index contributed by atoms with van der Waals surface area (Å²) in [6.45, 7) is 16.8. The zero-order valence-electron chi connectivity index (χ0n) is 17.4. The minimum absolute atomic E-state index is 0.373. The first kappa shape index (κ1) is 22.4. The van der Waals surface area contributed by atoms with Crippen molar-refractivity contribution in [3.8, 4) is 0 Å². The van der Waals surface area contributed by atoms with Crippen LogP contribution in [0.15, 0.2) is 4.99 Å². The van der Waals surface area contributed by atoms with Crippen molar-refractivity contribution in [3.05, 3.63) is 0 Å². The molecular weight excluding hydrogens is 346 g/mol. The number of hydrogen-bond acceptors (Lipinski definition) is 6. The Hall–Kier alpha value is -0.930. The van der Waals surface area contributed by atoms with Gasteiger partial charge in [0.05, 0.1) is 38.6 Å². The zero-order chi connectivity index (χ0) is 19.5. The number of nitrogens with one attached hydrogen (secondary N) is 2. The Morgan fingerprint density at radius 2 is 1.67 bits per heavy atom. The standard InChI is InChI=1S/C19H39N5O3/c1-4-20-18(21-13-17(2)14-23-5-9-26-10-6-23)22-15-19(3,25)16-24-7-11-27-12-8-24/h17,25H,4-16H2,1-3H3,(H2,20,21,22). The largest absolute Gasteiger partial charge is 0.387 e. The molecule has 158 valence electrons. The van der Waals surface area contributed by atoms with E-state index in [9.17, 15) is 5.11 Å². The molecule has 0 aromatic heterocycles. The highest BCUT2D eigenvalue weighted by Crippen LogP contribution is 2.09. The maximum absolute atomic E-state index is 10.7. The van der Waals surface area contributed by atoms with Crippen LogP contribution in [0.1, 0.15) is 20.8 Å². The molecule has 27 heavy (non-hydrogen) atoms. The van der Waals surface area contributed by atoms with E-state index in [2.05, 4.69) is 39.3 Å². The van der Waals surface area contributed by atoms with Crippen LogP contribution >= 0.6 is 0 Å².